The largest absolute Gasteiger partial charge is 0.354 e. The van der Waals surface area contributed by atoms with Crippen LogP contribution in [0.2, 0.25) is 5.02 Å². The summed E-state index contributed by atoms with van der Waals surface area (Å²) >= 11 is 7.23. The number of rotatable bonds is 5. The molecular formula is C17H16ClN3O2S2. The first kappa shape index (κ1) is 17.7. The van der Waals surface area contributed by atoms with E-state index in [0.717, 1.165) is 21.8 Å². The Morgan fingerprint density at radius 1 is 1.08 bits per heavy atom. The highest BCUT2D eigenvalue weighted by molar-refractivity contribution is 7.94. The van der Waals surface area contributed by atoms with Crippen molar-refractivity contribution in [2.75, 3.05) is 10.0 Å². The fourth-order valence-electron chi connectivity index (χ4n) is 2.16. The molecule has 0 fully saturated rings. The number of hydrogen-bond acceptors (Lipinski definition) is 5. The molecule has 0 atom stereocenters. The van der Waals surface area contributed by atoms with Gasteiger partial charge in [0.25, 0.3) is 10.0 Å². The van der Waals surface area contributed by atoms with Gasteiger partial charge in [-0.2, -0.15) is 0 Å². The average molecular weight is 394 g/mol. The minimum absolute atomic E-state index is 0.263. The van der Waals surface area contributed by atoms with E-state index in [0.29, 0.717) is 5.02 Å². The Balaban J connectivity index is 1.75. The second-order valence-corrected chi connectivity index (χ2v) is 9.12. The highest BCUT2D eigenvalue weighted by atomic mass is 35.5. The summed E-state index contributed by atoms with van der Waals surface area (Å²) in [6.45, 7) is 3.83. The Bertz CT molecular complexity index is 999. The molecule has 3 rings (SSSR count). The molecule has 0 bridgehead atoms. The fraction of sp³-hybridized carbons (Fsp3) is 0.118. The molecule has 8 heteroatoms. The Labute approximate surface area is 155 Å². The van der Waals surface area contributed by atoms with Crippen LogP contribution in [0, 0.1) is 13.8 Å². The summed E-state index contributed by atoms with van der Waals surface area (Å²) in [7, 11) is -3.61. The van der Waals surface area contributed by atoms with Gasteiger partial charge in [0.1, 0.15) is 10.0 Å². The van der Waals surface area contributed by atoms with Crippen LogP contribution in [0.25, 0.3) is 0 Å². The van der Waals surface area contributed by atoms with Crippen LogP contribution in [-0.4, -0.2) is 13.4 Å². The molecular weight excluding hydrogens is 378 g/mol. The van der Waals surface area contributed by atoms with Crippen molar-refractivity contribution in [1.29, 1.82) is 0 Å². The Hall–Kier alpha value is -2.09. The van der Waals surface area contributed by atoms with Crippen LogP contribution < -0.4 is 10.0 Å². The van der Waals surface area contributed by atoms with Crippen molar-refractivity contribution in [2.24, 2.45) is 0 Å². The molecule has 2 heterocycles. The number of thiophene rings is 1. The monoisotopic (exact) mass is 393 g/mol. The molecule has 2 N–H and O–H groups in total. The molecule has 0 aliphatic carbocycles. The second-order valence-electron chi connectivity index (χ2n) is 5.49. The smallest absolute Gasteiger partial charge is 0.272 e. The van der Waals surface area contributed by atoms with Crippen molar-refractivity contribution in [1.82, 2.24) is 4.98 Å². The molecule has 3 aromatic rings. The molecule has 0 unspecified atom stereocenters. The van der Waals surface area contributed by atoms with Crippen LogP contribution in [0.4, 0.5) is 17.2 Å². The Morgan fingerprint density at radius 2 is 1.88 bits per heavy atom. The van der Waals surface area contributed by atoms with Crippen molar-refractivity contribution >= 4 is 50.2 Å². The van der Waals surface area contributed by atoms with Crippen molar-refractivity contribution in [3.63, 3.8) is 0 Å². The second kappa shape index (κ2) is 7.03. The first-order valence-electron chi connectivity index (χ1n) is 7.42. The lowest BCUT2D eigenvalue weighted by Gasteiger charge is -2.11. The summed E-state index contributed by atoms with van der Waals surface area (Å²) in [6.07, 6.45) is 1.57. The molecule has 130 valence electrons. The third-order valence-electron chi connectivity index (χ3n) is 3.46. The van der Waals surface area contributed by atoms with E-state index in [-0.39, 0.29) is 10.0 Å². The van der Waals surface area contributed by atoms with Gasteiger partial charge in [-0.1, -0.05) is 17.7 Å². The molecule has 0 radical (unpaired) electrons. The average Bonchev–Trinajstić information content (AvgIpc) is 3.00. The predicted octanol–water partition coefficient (Wildman–Crippen LogP) is 4.96. The number of hydrogen-bond donors (Lipinski definition) is 2. The number of aryl methyl sites for hydroxylation is 2. The summed E-state index contributed by atoms with van der Waals surface area (Å²) in [5.74, 6) is 0.263. The van der Waals surface area contributed by atoms with Crippen LogP contribution in [0.15, 0.2) is 52.9 Å². The molecule has 0 saturated heterocycles. The molecule has 2 aromatic heterocycles. The van der Waals surface area contributed by atoms with E-state index >= 15 is 0 Å². The van der Waals surface area contributed by atoms with E-state index in [2.05, 4.69) is 15.0 Å². The maximum Gasteiger partial charge on any atom is 0.272 e. The SMILES string of the molecule is Cc1ccc(S(=O)(=O)Nc2ccc(Nc3cc(Cl)ccc3C)cn2)s1. The van der Waals surface area contributed by atoms with Gasteiger partial charge in [-0.05, 0) is 55.8 Å². The lowest BCUT2D eigenvalue weighted by Crippen LogP contribution is -2.12. The number of aromatic nitrogens is 1. The third-order valence-corrected chi connectivity index (χ3v) is 6.54. The van der Waals surface area contributed by atoms with Crippen molar-refractivity contribution < 1.29 is 8.42 Å². The first-order chi connectivity index (χ1) is 11.8. The highest BCUT2D eigenvalue weighted by Gasteiger charge is 2.16. The molecule has 5 nitrogen and oxygen atoms in total. The van der Waals surface area contributed by atoms with E-state index in [1.165, 1.54) is 11.3 Å². The van der Waals surface area contributed by atoms with Crippen LogP contribution in [0.1, 0.15) is 10.4 Å². The van der Waals surface area contributed by atoms with Gasteiger partial charge >= 0.3 is 0 Å². The summed E-state index contributed by atoms with van der Waals surface area (Å²) in [5, 5.41) is 3.85. The van der Waals surface area contributed by atoms with Crippen LogP contribution in [0.5, 0.6) is 0 Å². The zero-order valence-corrected chi connectivity index (χ0v) is 16.0. The lowest BCUT2D eigenvalue weighted by molar-refractivity contribution is 0.603. The van der Waals surface area contributed by atoms with Gasteiger partial charge in [-0.15, -0.1) is 11.3 Å². The van der Waals surface area contributed by atoms with Gasteiger partial charge in [0.15, 0.2) is 0 Å². The molecule has 0 spiro atoms. The third kappa shape index (κ3) is 4.31. The molecule has 0 saturated carbocycles. The number of nitrogens with one attached hydrogen (secondary N) is 2. The van der Waals surface area contributed by atoms with Crippen molar-refractivity contribution in [3.8, 4) is 0 Å². The Kier molecular flexibility index (Phi) is 4.99. The van der Waals surface area contributed by atoms with Crippen molar-refractivity contribution in [3.05, 3.63) is 64.1 Å². The van der Waals surface area contributed by atoms with Crippen LogP contribution in [0.3, 0.4) is 0 Å². The standard InChI is InChI=1S/C17H16ClN3O2S2/c1-11-3-5-13(18)9-15(11)20-14-6-7-16(19-10-14)21-25(22,23)17-8-4-12(2)24-17/h3-10,20H,1-2H3,(H,19,21). The number of pyridine rings is 1. The van der Waals surface area contributed by atoms with Gasteiger partial charge in [-0.3, -0.25) is 4.72 Å². The van der Waals surface area contributed by atoms with E-state index in [4.69, 9.17) is 11.6 Å². The number of halogens is 1. The number of nitrogens with zero attached hydrogens (tertiary/aromatic N) is 1. The van der Waals surface area contributed by atoms with E-state index in [1.54, 1.807) is 30.5 Å². The molecule has 0 aliphatic rings. The maximum atomic E-state index is 12.3. The van der Waals surface area contributed by atoms with E-state index < -0.39 is 10.0 Å². The van der Waals surface area contributed by atoms with Gasteiger partial charge in [0, 0.05) is 15.6 Å². The number of anilines is 3. The minimum Gasteiger partial charge on any atom is -0.354 e. The number of sulfonamides is 1. The van der Waals surface area contributed by atoms with Gasteiger partial charge in [0.2, 0.25) is 0 Å². The topological polar surface area (TPSA) is 71.1 Å². The highest BCUT2D eigenvalue weighted by Crippen LogP contribution is 2.25. The fourth-order valence-corrected chi connectivity index (χ4v) is 4.62. The summed E-state index contributed by atoms with van der Waals surface area (Å²) in [6, 6.07) is 12.3. The lowest BCUT2D eigenvalue weighted by atomic mass is 10.2. The zero-order chi connectivity index (χ0) is 18.0. The van der Waals surface area contributed by atoms with E-state index in [9.17, 15) is 8.42 Å². The summed E-state index contributed by atoms with van der Waals surface area (Å²) in [4.78, 5) is 5.10. The summed E-state index contributed by atoms with van der Waals surface area (Å²) in [5.41, 5.74) is 2.65. The minimum atomic E-state index is -3.61. The van der Waals surface area contributed by atoms with Crippen LogP contribution >= 0.6 is 22.9 Å². The number of benzene rings is 1. The summed E-state index contributed by atoms with van der Waals surface area (Å²) < 4.78 is 27.4. The normalized spacial score (nSPS) is 11.3. The van der Waals surface area contributed by atoms with Crippen molar-refractivity contribution in [2.45, 2.75) is 18.1 Å². The molecule has 1 aromatic carbocycles. The van der Waals surface area contributed by atoms with Crippen LogP contribution in [-0.2, 0) is 10.0 Å². The van der Waals surface area contributed by atoms with Gasteiger partial charge in [0.05, 0.1) is 11.9 Å². The quantitative estimate of drug-likeness (QED) is 0.642. The molecule has 0 aliphatic heterocycles. The first-order valence-corrected chi connectivity index (χ1v) is 10.1. The molecule has 0 amide bonds. The zero-order valence-electron chi connectivity index (χ0n) is 13.6. The van der Waals surface area contributed by atoms with E-state index in [1.807, 2.05) is 32.0 Å². The maximum absolute atomic E-state index is 12.3. The van der Waals surface area contributed by atoms with Gasteiger partial charge < -0.3 is 5.32 Å². The molecule has 25 heavy (non-hydrogen) atoms. The van der Waals surface area contributed by atoms with Gasteiger partial charge in [-0.25, -0.2) is 13.4 Å². The predicted molar refractivity (Wildman–Crippen MR) is 104 cm³/mol. The Morgan fingerprint density at radius 3 is 2.52 bits per heavy atom.